The van der Waals surface area contributed by atoms with Gasteiger partial charge in [0, 0.05) is 31.8 Å². The van der Waals surface area contributed by atoms with E-state index in [0.29, 0.717) is 12.2 Å². The minimum Gasteiger partial charge on any atom is -0.508 e. The topological polar surface area (TPSA) is 23.5 Å². The van der Waals surface area contributed by atoms with Crippen molar-refractivity contribution in [2.24, 2.45) is 0 Å². The molecule has 25 heavy (non-hydrogen) atoms. The molecule has 0 aliphatic heterocycles. The van der Waals surface area contributed by atoms with Crippen LogP contribution in [0.1, 0.15) is 11.1 Å². The number of benzene rings is 4. The lowest BCUT2D eigenvalue weighted by Crippen LogP contribution is -2.11. The van der Waals surface area contributed by atoms with E-state index in [4.69, 9.17) is 0 Å². The molecular weight excluding hydrogens is 306 g/mol. The largest absolute Gasteiger partial charge is 0.508 e. The Morgan fingerprint density at radius 3 is 2.12 bits per heavy atom. The molecule has 4 rings (SSSR count). The van der Waals surface area contributed by atoms with Crippen LogP contribution in [0.2, 0.25) is 0 Å². The lowest BCUT2D eigenvalue weighted by Gasteiger charge is -2.20. The van der Waals surface area contributed by atoms with E-state index in [1.54, 1.807) is 6.07 Å². The molecule has 0 saturated heterocycles. The first kappa shape index (κ1) is 15.5. The van der Waals surface area contributed by atoms with Gasteiger partial charge in [0.25, 0.3) is 0 Å². The first-order valence-corrected chi connectivity index (χ1v) is 8.52. The summed E-state index contributed by atoms with van der Waals surface area (Å²) in [5, 5.41) is 15.2. The van der Waals surface area contributed by atoms with Gasteiger partial charge in [0.05, 0.1) is 0 Å². The Labute approximate surface area is 148 Å². The molecule has 0 fully saturated rings. The molecule has 0 saturated carbocycles. The fourth-order valence-corrected chi connectivity index (χ4v) is 3.53. The molecule has 0 aromatic heterocycles. The average Bonchev–Trinajstić information content (AvgIpc) is 2.63. The normalized spacial score (nSPS) is 11.1. The highest BCUT2D eigenvalue weighted by atomic mass is 16.3. The molecule has 0 heterocycles. The van der Waals surface area contributed by atoms with Gasteiger partial charge in [0.15, 0.2) is 0 Å². The maximum Gasteiger partial charge on any atom is 0.119 e. The predicted molar refractivity (Wildman–Crippen MR) is 107 cm³/mol. The second kappa shape index (κ2) is 6.14. The summed E-state index contributed by atoms with van der Waals surface area (Å²) in [4.78, 5) is 2.14. The van der Waals surface area contributed by atoms with E-state index in [9.17, 15) is 5.11 Å². The highest BCUT2D eigenvalue weighted by Crippen LogP contribution is 2.33. The minimum absolute atomic E-state index is 0.358. The maximum absolute atomic E-state index is 10.5. The van der Waals surface area contributed by atoms with Crippen molar-refractivity contribution >= 4 is 27.2 Å². The zero-order valence-corrected chi connectivity index (χ0v) is 14.5. The smallest absolute Gasteiger partial charge is 0.119 e. The molecule has 0 unspecified atom stereocenters. The van der Waals surface area contributed by atoms with Gasteiger partial charge >= 0.3 is 0 Å². The summed E-state index contributed by atoms with van der Waals surface area (Å²) in [5.74, 6) is 0.358. The van der Waals surface area contributed by atoms with E-state index in [1.807, 2.05) is 18.2 Å². The standard InChI is InChI=1S/C23H21NO/c1-24(2)22-15-18-9-4-3-8-17(18)13-19(22)14-21-20-10-6-5-7-16(20)11-12-23(21)25/h3-13,15,25H,14H2,1-2H3. The summed E-state index contributed by atoms with van der Waals surface area (Å²) in [5.41, 5.74) is 3.39. The van der Waals surface area contributed by atoms with Crippen LogP contribution in [-0.4, -0.2) is 19.2 Å². The van der Waals surface area contributed by atoms with E-state index in [2.05, 4.69) is 67.5 Å². The Balaban J connectivity index is 1.91. The molecule has 2 nitrogen and oxygen atoms in total. The van der Waals surface area contributed by atoms with Gasteiger partial charge in [-0.05, 0) is 45.3 Å². The summed E-state index contributed by atoms with van der Waals surface area (Å²) < 4.78 is 0. The summed E-state index contributed by atoms with van der Waals surface area (Å²) in [6.07, 6.45) is 0.700. The van der Waals surface area contributed by atoms with Gasteiger partial charge in [0.1, 0.15) is 5.75 Å². The third-order valence-electron chi connectivity index (χ3n) is 4.81. The lowest BCUT2D eigenvalue weighted by molar-refractivity contribution is 0.470. The first-order valence-electron chi connectivity index (χ1n) is 8.52. The zero-order valence-electron chi connectivity index (χ0n) is 14.5. The summed E-state index contributed by atoms with van der Waals surface area (Å²) in [7, 11) is 4.13. The molecule has 1 N–H and O–H groups in total. The third-order valence-corrected chi connectivity index (χ3v) is 4.81. The van der Waals surface area contributed by atoms with Gasteiger partial charge in [-0.1, -0.05) is 54.6 Å². The number of aromatic hydroxyl groups is 1. The highest BCUT2D eigenvalue weighted by Gasteiger charge is 2.12. The van der Waals surface area contributed by atoms with Crippen LogP contribution in [0.4, 0.5) is 5.69 Å². The van der Waals surface area contributed by atoms with Crippen LogP contribution < -0.4 is 4.90 Å². The van der Waals surface area contributed by atoms with E-state index < -0.39 is 0 Å². The maximum atomic E-state index is 10.5. The van der Waals surface area contributed by atoms with E-state index in [-0.39, 0.29) is 0 Å². The van der Waals surface area contributed by atoms with E-state index >= 15 is 0 Å². The molecule has 0 amide bonds. The molecular formula is C23H21NO. The zero-order chi connectivity index (χ0) is 17.4. The van der Waals surface area contributed by atoms with Gasteiger partial charge in [0.2, 0.25) is 0 Å². The van der Waals surface area contributed by atoms with Crippen LogP contribution in [0.25, 0.3) is 21.5 Å². The van der Waals surface area contributed by atoms with Gasteiger partial charge in [-0.25, -0.2) is 0 Å². The lowest BCUT2D eigenvalue weighted by atomic mass is 9.94. The van der Waals surface area contributed by atoms with Crippen molar-refractivity contribution in [2.45, 2.75) is 6.42 Å². The summed E-state index contributed by atoms with van der Waals surface area (Å²) in [6, 6.07) is 24.9. The van der Waals surface area contributed by atoms with E-state index in [1.165, 1.54) is 22.0 Å². The van der Waals surface area contributed by atoms with Crippen molar-refractivity contribution in [1.29, 1.82) is 0 Å². The highest BCUT2D eigenvalue weighted by molar-refractivity contribution is 5.90. The molecule has 4 aromatic rings. The number of rotatable bonds is 3. The summed E-state index contributed by atoms with van der Waals surface area (Å²) >= 11 is 0. The van der Waals surface area contributed by atoms with Crippen molar-refractivity contribution < 1.29 is 5.11 Å². The predicted octanol–water partition coefficient (Wildman–Crippen LogP) is 5.36. The van der Waals surface area contributed by atoms with Crippen molar-refractivity contribution in [3.63, 3.8) is 0 Å². The molecule has 124 valence electrons. The Morgan fingerprint density at radius 1 is 0.760 bits per heavy atom. The number of hydrogen-bond acceptors (Lipinski definition) is 2. The van der Waals surface area contributed by atoms with Crippen LogP contribution in [0.5, 0.6) is 5.75 Å². The monoisotopic (exact) mass is 327 g/mol. The Kier molecular flexibility index (Phi) is 3.81. The number of phenols is 1. The second-order valence-corrected chi connectivity index (χ2v) is 6.68. The van der Waals surface area contributed by atoms with Crippen LogP contribution in [0.3, 0.4) is 0 Å². The fourth-order valence-electron chi connectivity index (χ4n) is 3.53. The van der Waals surface area contributed by atoms with Gasteiger partial charge < -0.3 is 10.0 Å². The minimum atomic E-state index is 0.358. The molecule has 4 aromatic carbocycles. The number of hydrogen-bond donors (Lipinski definition) is 1. The van der Waals surface area contributed by atoms with Gasteiger partial charge in [-0.15, -0.1) is 0 Å². The van der Waals surface area contributed by atoms with Crippen LogP contribution in [0.15, 0.2) is 72.8 Å². The number of phenolic OH excluding ortho intramolecular Hbond substituents is 1. The average molecular weight is 327 g/mol. The Hall–Kier alpha value is -3.00. The molecule has 0 bridgehead atoms. The number of fused-ring (bicyclic) bond motifs is 2. The van der Waals surface area contributed by atoms with Crippen molar-refractivity contribution in [2.75, 3.05) is 19.0 Å². The van der Waals surface area contributed by atoms with Crippen molar-refractivity contribution in [3.8, 4) is 5.75 Å². The van der Waals surface area contributed by atoms with Crippen molar-refractivity contribution in [3.05, 3.63) is 83.9 Å². The van der Waals surface area contributed by atoms with Gasteiger partial charge in [-0.2, -0.15) is 0 Å². The fraction of sp³-hybridized carbons (Fsp3) is 0.130. The van der Waals surface area contributed by atoms with Crippen LogP contribution in [0, 0.1) is 0 Å². The molecule has 0 spiro atoms. The Bertz CT molecular complexity index is 1070. The first-order chi connectivity index (χ1) is 12.1. The molecule has 0 aliphatic carbocycles. The quantitative estimate of drug-likeness (QED) is 0.548. The third kappa shape index (κ3) is 2.80. The molecule has 2 heteroatoms. The Morgan fingerprint density at radius 2 is 1.40 bits per heavy atom. The molecule has 0 atom stereocenters. The van der Waals surface area contributed by atoms with Crippen LogP contribution >= 0.6 is 0 Å². The SMILES string of the molecule is CN(C)c1cc2ccccc2cc1Cc1c(O)ccc2ccccc12. The van der Waals surface area contributed by atoms with Crippen molar-refractivity contribution in [1.82, 2.24) is 0 Å². The second-order valence-electron chi connectivity index (χ2n) is 6.68. The molecule has 0 radical (unpaired) electrons. The van der Waals surface area contributed by atoms with Gasteiger partial charge in [-0.3, -0.25) is 0 Å². The number of anilines is 1. The summed E-state index contributed by atoms with van der Waals surface area (Å²) in [6.45, 7) is 0. The van der Waals surface area contributed by atoms with Crippen LogP contribution in [-0.2, 0) is 6.42 Å². The number of nitrogens with zero attached hydrogens (tertiary/aromatic N) is 1. The molecule has 0 aliphatic rings. The van der Waals surface area contributed by atoms with E-state index in [0.717, 1.165) is 16.3 Å².